The molecule has 120 valence electrons. The minimum absolute atomic E-state index is 0.175. The first kappa shape index (κ1) is 15.5. The van der Waals surface area contributed by atoms with Gasteiger partial charge in [-0.1, -0.05) is 30.3 Å². The molecular weight excluding hydrogens is 276 g/mol. The molecule has 2 aliphatic rings. The van der Waals surface area contributed by atoms with E-state index in [1.807, 2.05) is 18.0 Å². The van der Waals surface area contributed by atoms with E-state index < -0.39 is 5.60 Å². The molecule has 1 aromatic carbocycles. The van der Waals surface area contributed by atoms with E-state index >= 15 is 0 Å². The summed E-state index contributed by atoms with van der Waals surface area (Å²) in [6, 6.07) is 10.6. The largest absolute Gasteiger partial charge is 0.362 e. The number of nitrogens with zero attached hydrogens (tertiary/aromatic N) is 2. The van der Waals surface area contributed by atoms with Gasteiger partial charge in [-0.25, -0.2) is 0 Å². The van der Waals surface area contributed by atoms with Crippen molar-refractivity contribution in [2.24, 2.45) is 0 Å². The van der Waals surface area contributed by atoms with Crippen molar-refractivity contribution in [1.29, 1.82) is 0 Å². The second-order valence-electron chi connectivity index (χ2n) is 6.54. The van der Waals surface area contributed by atoms with Crippen LogP contribution in [-0.2, 0) is 16.0 Å². The van der Waals surface area contributed by atoms with Gasteiger partial charge < -0.3 is 9.64 Å². The minimum atomic E-state index is -0.597. The first-order valence-corrected chi connectivity index (χ1v) is 8.35. The van der Waals surface area contributed by atoms with Crippen molar-refractivity contribution in [2.75, 3.05) is 39.8 Å². The molecule has 4 nitrogen and oxygen atoms in total. The highest BCUT2D eigenvalue weighted by Gasteiger charge is 2.45. The summed E-state index contributed by atoms with van der Waals surface area (Å²) in [5.41, 5.74) is 0.757. The van der Waals surface area contributed by atoms with Crippen molar-refractivity contribution >= 4 is 5.91 Å². The van der Waals surface area contributed by atoms with Crippen LogP contribution >= 0.6 is 0 Å². The van der Waals surface area contributed by atoms with Gasteiger partial charge in [0, 0.05) is 33.2 Å². The second-order valence-corrected chi connectivity index (χ2v) is 6.54. The van der Waals surface area contributed by atoms with Crippen LogP contribution in [0.1, 0.15) is 24.8 Å². The van der Waals surface area contributed by atoms with Crippen LogP contribution in [0.4, 0.5) is 0 Å². The lowest BCUT2D eigenvalue weighted by atomic mass is 9.94. The molecule has 2 fully saturated rings. The first-order valence-electron chi connectivity index (χ1n) is 8.35. The van der Waals surface area contributed by atoms with Gasteiger partial charge >= 0.3 is 0 Å². The van der Waals surface area contributed by atoms with Crippen LogP contribution in [0.5, 0.6) is 0 Å². The Kier molecular flexibility index (Phi) is 4.79. The Balaban J connectivity index is 1.64. The van der Waals surface area contributed by atoms with Crippen molar-refractivity contribution < 1.29 is 9.53 Å². The third-order valence-corrected chi connectivity index (χ3v) is 4.89. The fourth-order valence-corrected chi connectivity index (χ4v) is 3.58. The van der Waals surface area contributed by atoms with Crippen LogP contribution in [0.15, 0.2) is 30.3 Å². The van der Waals surface area contributed by atoms with Gasteiger partial charge in [0.25, 0.3) is 5.91 Å². The summed E-state index contributed by atoms with van der Waals surface area (Å²) in [6.07, 6.45) is 4.04. The summed E-state index contributed by atoms with van der Waals surface area (Å²) in [6.45, 7) is 4.17. The third-order valence-electron chi connectivity index (χ3n) is 4.89. The van der Waals surface area contributed by atoms with Gasteiger partial charge in [0.05, 0.1) is 6.61 Å². The maximum Gasteiger partial charge on any atom is 0.255 e. The van der Waals surface area contributed by atoms with E-state index in [-0.39, 0.29) is 5.91 Å². The molecule has 0 bridgehead atoms. The molecule has 1 aromatic rings. The Morgan fingerprint density at radius 2 is 2.00 bits per heavy atom. The SMILES string of the molecule is CN1CCCCC2(CN(CCc3ccccc3)CCO2)C1=O. The van der Waals surface area contributed by atoms with Crippen molar-refractivity contribution in [1.82, 2.24) is 9.80 Å². The van der Waals surface area contributed by atoms with E-state index in [9.17, 15) is 4.79 Å². The summed E-state index contributed by atoms with van der Waals surface area (Å²) in [4.78, 5) is 17.0. The molecule has 0 aromatic heterocycles. The highest BCUT2D eigenvalue weighted by Crippen LogP contribution is 2.29. The summed E-state index contributed by atoms with van der Waals surface area (Å²) >= 11 is 0. The molecule has 0 saturated carbocycles. The summed E-state index contributed by atoms with van der Waals surface area (Å²) < 4.78 is 6.02. The van der Waals surface area contributed by atoms with E-state index in [0.717, 1.165) is 51.9 Å². The van der Waals surface area contributed by atoms with Gasteiger partial charge in [-0.2, -0.15) is 0 Å². The predicted octanol–water partition coefficient (Wildman–Crippen LogP) is 1.94. The molecule has 0 N–H and O–H groups in total. The normalized spacial score (nSPS) is 27.1. The van der Waals surface area contributed by atoms with Crippen molar-refractivity contribution in [2.45, 2.75) is 31.3 Å². The number of amides is 1. The molecule has 1 amide bonds. The molecule has 22 heavy (non-hydrogen) atoms. The smallest absolute Gasteiger partial charge is 0.255 e. The Bertz CT molecular complexity index is 505. The topological polar surface area (TPSA) is 32.8 Å². The minimum Gasteiger partial charge on any atom is -0.362 e. The molecule has 1 unspecified atom stereocenters. The maximum atomic E-state index is 12.7. The first-order chi connectivity index (χ1) is 10.7. The van der Waals surface area contributed by atoms with Crippen LogP contribution in [0.2, 0.25) is 0 Å². The highest BCUT2D eigenvalue weighted by atomic mass is 16.5. The van der Waals surface area contributed by atoms with Gasteiger partial charge in [0.2, 0.25) is 0 Å². The molecule has 2 aliphatic heterocycles. The van der Waals surface area contributed by atoms with Gasteiger partial charge in [0.1, 0.15) is 0 Å². The monoisotopic (exact) mass is 302 g/mol. The number of carbonyl (C=O) groups excluding carboxylic acids is 1. The van der Waals surface area contributed by atoms with Crippen LogP contribution in [0, 0.1) is 0 Å². The Morgan fingerprint density at radius 1 is 1.18 bits per heavy atom. The second kappa shape index (κ2) is 6.80. The summed E-state index contributed by atoms with van der Waals surface area (Å²) in [5, 5.41) is 0. The molecule has 4 heteroatoms. The average Bonchev–Trinajstić information content (AvgIpc) is 2.69. The molecule has 3 rings (SSSR count). The summed E-state index contributed by atoms with van der Waals surface area (Å²) in [5.74, 6) is 0.175. The molecule has 2 heterocycles. The fourth-order valence-electron chi connectivity index (χ4n) is 3.58. The van der Waals surface area contributed by atoms with E-state index in [1.54, 1.807) is 0 Å². The van der Waals surface area contributed by atoms with Gasteiger partial charge in [-0.15, -0.1) is 0 Å². The van der Waals surface area contributed by atoms with Crippen LogP contribution in [0.25, 0.3) is 0 Å². The lowest BCUT2D eigenvalue weighted by Crippen LogP contribution is -2.59. The number of morpholine rings is 1. The fraction of sp³-hybridized carbons (Fsp3) is 0.611. The Labute approximate surface area is 133 Å². The number of ether oxygens (including phenoxy) is 1. The van der Waals surface area contributed by atoms with Crippen LogP contribution in [0.3, 0.4) is 0 Å². The molecule has 1 atom stereocenters. The number of hydrogen-bond acceptors (Lipinski definition) is 3. The van der Waals surface area contributed by atoms with Crippen LogP contribution in [-0.4, -0.2) is 61.1 Å². The lowest BCUT2D eigenvalue weighted by Gasteiger charge is -2.42. The number of hydrogen-bond donors (Lipinski definition) is 0. The van der Waals surface area contributed by atoms with Crippen molar-refractivity contribution in [3.8, 4) is 0 Å². The van der Waals surface area contributed by atoms with Gasteiger partial charge in [-0.3, -0.25) is 9.69 Å². The van der Waals surface area contributed by atoms with E-state index in [1.165, 1.54) is 5.56 Å². The zero-order valence-electron chi connectivity index (χ0n) is 13.5. The Morgan fingerprint density at radius 3 is 2.82 bits per heavy atom. The average molecular weight is 302 g/mol. The number of carbonyl (C=O) groups is 1. The van der Waals surface area contributed by atoms with E-state index in [2.05, 4.69) is 29.2 Å². The number of benzene rings is 1. The van der Waals surface area contributed by atoms with Gasteiger partial charge in [0.15, 0.2) is 5.60 Å². The molecule has 0 radical (unpaired) electrons. The van der Waals surface area contributed by atoms with Gasteiger partial charge in [-0.05, 0) is 31.2 Å². The number of likely N-dealkylation sites (N-methyl/N-ethyl adjacent to an activating group) is 1. The maximum absolute atomic E-state index is 12.7. The quantitative estimate of drug-likeness (QED) is 0.855. The highest BCUT2D eigenvalue weighted by molar-refractivity contribution is 5.85. The molecular formula is C18H26N2O2. The molecule has 0 aliphatic carbocycles. The molecule has 2 saturated heterocycles. The van der Waals surface area contributed by atoms with Crippen molar-refractivity contribution in [3.63, 3.8) is 0 Å². The third kappa shape index (κ3) is 3.33. The lowest BCUT2D eigenvalue weighted by molar-refractivity contribution is -0.169. The predicted molar refractivity (Wildman–Crippen MR) is 86.8 cm³/mol. The van der Waals surface area contributed by atoms with E-state index in [4.69, 9.17) is 4.74 Å². The molecule has 1 spiro atoms. The number of rotatable bonds is 3. The van der Waals surface area contributed by atoms with Crippen molar-refractivity contribution in [3.05, 3.63) is 35.9 Å². The van der Waals surface area contributed by atoms with E-state index in [0.29, 0.717) is 6.61 Å². The zero-order chi connectivity index (χ0) is 15.4. The number of likely N-dealkylation sites (tertiary alicyclic amines) is 1. The standard InChI is InChI=1S/C18H26N2O2/c1-19-11-6-5-10-18(17(19)21)15-20(13-14-22-18)12-9-16-7-3-2-4-8-16/h2-4,7-8H,5-6,9-15H2,1H3. The summed E-state index contributed by atoms with van der Waals surface area (Å²) in [7, 11) is 1.90. The zero-order valence-corrected chi connectivity index (χ0v) is 13.5. The van der Waals surface area contributed by atoms with Crippen LogP contribution < -0.4 is 0 Å². The Hall–Kier alpha value is -1.39.